The Kier molecular flexibility index (Phi) is 57.0. The molecule has 432 valence electrons. The summed E-state index contributed by atoms with van der Waals surface area (Å²) in [6.45, 7) is 3.45. The second kappa shape index (κ2) is 60.6. The summed E-state index contributed by atoms with van der Waals surface area (Å²) in [5.74, 6) is -0.882. The molecule has 0 fully saturated rings. The molecule has 9 nitrogen and oxygen atoms in total. The molecule has 0 radical (unpaired) electrons. The Bertz CT molecular complexity index is 1860. The number of phosphoric acid groups is 1. The van der Waals surface area contributed by atoms with Crippen molar-refractivity contribution >= 4 is 19.8 Å². The lowest BCUT2D eigenvalue weighted by Crippen LogP contribution is -2.29. The van der Waals surface area contributed by atoms with Gasteiger partial charge in [-0.2, -0.15) is 0 Å². The molecule has 0 aliphatic carbocycles. The van der Waals surface area contributed by atoms with Crippen molar-refractivity contribution in [1.29, 1.82) is 0 Å². The minimum Gasteiger partial charge on any atom is -0.462 e. The molecule has 77 heavy (non-hydrogen) atoms. The molecule has 0 aromatic heterocycles. The molecule has 0 rings (SSSR count). The van der Waals surface area contributed by atoms with Gasteiger partial charge in [-0.25, -0.2) is 4.57 Å². The smallest absolute Gasteiger partial charge is 0.462 e. The summed E-state index contributed by atoms with van der Waals surface area (Å²) in [5, 5.41) is 0. The molecule has 0 spiro atoms. The zero-order valence-corrected chi connectivity index (χ0v) is 49.0. The number of rotatable bonds is 53. The van der Waals surface area contributed by atoms with Gasteiger partial charge in [-0.15, -0.1) is 0 Å². The largest absolute Gasteiger partial charge is 0.472 e. The van der Waals surface area contributed by atoms with E-state index in [-0.39, 0.29) is 32.6 Å². The third-order valence-corrected chi connectivity index (χ3v) is 12.6. The lowest BCUT2D eigenvalue weighted by Gasteiger charge is -2.19. The molecule has 0 aromatic rings. The molecule has 0 amide bonds. The Labute approximate surface area is 470 Å². The van der Waals surface area contributed by atoms with E-state index >= 15 is 0 Å². The van der Waals surface area contributed by atoms with Gasteiger partial charge in [-0.05, 0) is 128 Å². The fourth-order valence-electron chi connectivity index (χ4n) is 7.30. The number of esters is 2. The van der Waals surface area contributed by atoms with Gasteiger partial charge in [-0.3, -0.25) is 18.6 Å². The van der Waals surface area contributed by atoms with Crippen LogP contribution in [0.1, 0.15) is 206 Å². The predicted molar refractivity (Wildman–Crippen MR) is 329 cm³/mol. The van der Waals surface area contributed by atoms with Gasteiger partial charge in [0.1, 0.15) is 6.61 Å². The first-order chi connectivity index (χ1) is 37.8. The lowest BCUT2D eigenvalue weighted by molar-refractivity contribution is -0.161. The second-order valence-electron chi connectivity index (χ2n) is 18.7. The highest BCUT2D eigenvalue weighted by Crippen LogP contribution is 2.43. The van der Waals surface area contributed by atoms with Crippen LogP contribution in [0.25, 0.3) is 0 Å². The van der Waals surface area contributed by atoms with Crippen molar-refractivity contribution in [2.75, 3.05) is 26.4 Å². The third-order valence-electron chi connectivity index (χ3n) is 11.6. The van der Waals surface area contributed by atoms with Crippen molar-refractivity contribution in [2.24, 2.45) is 5.73 Å². The van der Waals surface area contributed by atoms with Crippen molar-refractivity contribution in [3.8, 4) is 0 Å². The van der Waals surface area contributed by atoms with Gasteiger partial charge in [0.2, 0.25) is 0 Å². The van der Waals surface area contributed by atoms with Crippen LogP contribution in [0, 0.1) is 0 Å². The van der Waals surface area contributed by atoms with Crippen LogP contribution in [-0.4, -0.2) is 49.3 Å². The van der Waals surface area contributed by atoms with Crippen molar-refractivity contribution in [2.45, 2.75) is 213 Å². The topological polar surface area (TPSA) is 134 Å². The van der Waals surface area contributed by atoms with Crippen LogP contribution in [0.15, 0.2) is 170 Å². The third kappa shape index (κ3) is 60.5. The molecule has 3 N–H and O–H groups in total. The van der Waals surface area contributed by atoms with E-state index < -0.39 is 32.5 Å². The lowest BCUT2D eigenvalue weighted by atomic mass is 10.1. The second-order valence-corrected chi connectivity index (χ2v) is 20.2. The summed E-state index contributed by atoms with van der Waals surface area (Å²) in [4.78, 5) is 35.2. The first-order valence-corrected chi connectivity index (χ1v) is 31.1. The standard InChI is InChI=1S/C67H106NO8P/c1-3-5-7-9-11-13-15-17-19-21-23-25-27-29-31-32-34-36-38-40-42-44-46-48-50-52-54-56-58-60-67(70)76-65(64-75-77(71,72)74-62-61-68)63-73-66(69)59-57-55-53-51-49-47-45-43-41-39-37-35-33-30-28-26-24-22-20-18-16-14-12-10-8-6-4-2/h5-8,11-14,17-20,23-26,29-31,33-34,36-37,39-40,42,46,48,65H,3-4,9-10,15-16,21-22,27-28,32,35,38,41,43-45,47,49-64,68H2,1-2H3,(H,71,72)/b7-5-,8-6-,13-11-,14-12-,19-17-,20-18-,25-23-,26-24-,31-29-,33-30-,36-34-,39-37-,42-40-,48-46-. The molecular weight excluding hydrogens is 978 g/mol. The average Bonchev–Trinajstić information content (AvgIpc) is 3.42. The summed E-state index contributed by atoms with van der Waals surface area (Å²) in [5.41, 5.74) is 5.38. The zero-order chi connectivity index (χ0) is 55.9. The van der Waals surface area contributed by atoms with E-state index in [2.05, 4.69) is 184 Å². The van der Waals surface area contributed by atoms with Gasteiger partial charge in [0, 0.05) is 19.4 Å². The van der Waals surface area contributed by atoms with Crippen LogP contribution < -0.4 is 5.73 Å². The number of allylic oxidation sites excluding steroid dienone is 28. The van der Waals surface area contributed by atoms with E-state index in [4.69, 9.17) is 24.3 Å². The van der Waals surface area contributed by atoms with Gasteiger partial charge in [0.05, 0.1) is 13.2 Å². The average molecular weight is 1080 g/mol. The maximum Gasteiger partial charge on any atom is 0.472 e. The number of carbonyl (C=O) groups is 2. The molecule has 0 saturated carbocycles. The van der Waals surface area contributed by atoms with Crippen LogP contribution in [0.5, 0.6) is 0 Å². The molecule has 0 aliphatic heterocycles. The van der Waals surface area contributed by atoms with Crippen LogP contribution in [0.4, 0.5) is 0 Å². The van der Waals surface area contributed by atoms with Crippen molar-refractivity contribution in [3.05, 3.63) is 170 Å². The molecule has 0 aromatic carbocycles. The molecule has 0 heterocycles. The molecule has 0 bridgehead atoms. The number of phosphoric ester groups is 1. The van der Waals surface area contributed by atoms with E-state index in [9.17, 15) is 19.0 Å². The number of carbonyl (C=O) groups excluding carboxylic acids is 2. The number of hydrogen-bond donors (Lipinski definition) is 2. The van der Waals surface area contributed by atoms with Crippen LogP contribution in [0.3, 0.4) is 0 Å². The molecule has 2 atom stereocenters. The van der Waals surface area contributed by atoms with Gasteiger partial charge in [0.25, 0.3) is 0 Å². The van der Waals surface area contributed by atoms with E-state index in [1.165, 1.54) is 25.7 Å². The predicted octanol–water partition coefficient (Wildman–Crippen LogP) is 19.1. The van der Waals surface area contributed by atoms with E-state index in [1.807, 2.05) is 0 Å². The number of ether oxygens (including phenoxy) is 2. The van der Waals surface area contributed by atoms with E-state index in [1.54, 1.807) is 0 Å². The van der Waals surface area contributed by atoms with Crippen LogP contribution in [-0.2, 0) is 32.7 Å². The maximum atomic E-state index is 12.7. The van der Waals surface area contributed by atoms with Crippen molar-refractivity contribution in [1.82, 2.24) is 0 Å². The van der Waals surface area contributed by atoms with Gasteiger partial charge < -0.3 is 20.1 Å². The number of nitrogens with two attached hydrogens (primary N) is 1. The normalized spacial score (nSPS) is 14.3. The summed E-state index contributed by atoms with van der Waals surface area (Å²) < 4.78 is 33.0. The molecule has 0 aliphatic rings. The van der Waals surface area contributed by atoms with Crippen LogP contribution >= 0.6 is 7.82 Å². The molecular formula is C67H106NO8P. The Morgan fingerprint density at radius 1 is 0.390 bits per heavy atom. The Balaban J connectivity index is 4.13. The molecule has 10 heteroatoms. The fourth-order valence-corrected chi connectivity index (χ4v) is 8.07. The summed E-state index contributed by atoms with van der Waals surface area (Å²) >= 11 is 0. The molecule has 0 saturated heterocycles. The quantitative estimate of drug-likeness (QED) is 0.0264. The van der Waals surface area contributed by atoms with E-state index in [0.29, 0.717) is 12.8 Å². The Hall–Kier alpha value is -4.63. The van der Waals surface area contributed by atoms with Gasteiger partial charge >= 0.3 is 19.8 Å². The SMILES string of the molecule is CC/C=C\C/C=C\C/C=C\C/C=C\C/C=C\C/C=C\C/C=C\C/C=C\CCCCCCC(=O)OC(COC(=O)CCCCCCCCCC/C=C\C/C=C\C/C=C\C/C=C\C/C=C\C/C=C\CC)COP(=O)(O)OCCN. The summed E-state index contributed by atoms with van der Waals surface area (Å²) in [6, 6.07) is 0. The highest BCUT2D eigenvalue weighted by atomic mass is 31.2. The van der Waals surface area contributed by atoms with Crippen LogP contribution in [0.2, 0.25) is 0 Å². The minimum atomic E-state index is -4.41. The zero-order valence-electron chi connectivity index (χ0n) is 48.1. The first kappa shape index (κ1) is 72.4. The summed E-state index contributed by atoms with van der Waals surface area (Å²) in [6.07, 6.45) is 89.7. The Morgan fingerprint density at radius 2 is 0.675 bits per heavy atom. The highest BCUT2D eigenvalue weighted by molar-refractivity contribution is 7.47. The van der Waals surface area contributed by atoms with Crippen molar-refractivity contribution < 1.29 is 37.6 Å². The van der Waals surface area contributed by atoms with E-state index in [0.717, 1.165) is 141 Å². The minimum absolute atomic E-state index is 0.0373. The Morgan fingerprint density at radius 3 is 1.00 bits per heavy atom. The summed E-state index contributed by atoms with van der Waals surface area (Å²) in [7, 11) is -4.41. The van der Waals surface area contributed by atoms with Gasteiger partial charge in [-0.1, -0.05) is 235 Å². The van der Waals surface area contributed by atoms with Gasteiger partial charge in [0.15, 0.2) is 6.10 Å². The highest BCUT2D eigenvalue weighted by Gasteiger charge is 2.26. The monoisotopic (exact) mass is 1080 g/mol. The number of unbranched alkanes of at least 4 members (excludes halogenated alkanes) is 12. The number of hydrogen-bond acceptors (Lipinski definition) is 8. The van der Waals surface area contributed by atoms with Crippen molar-refractivity contribution in [3.63, 3.8) is 0 Å². The maximum absolute atomic E-state index is 12.7. The first-order valence-electron chi connectivity index (χ1n) is 29.6. The molecule has 2 unspecified atom stereocenters. The fraction of sp³-hybridized carbons (Fsp3) is 0.552.